The highest BCUT2D eigenvalue weighted by Gasteiger charge is 2.11. The van der Waals surface area contributed by atoms with E-state index in [0.29, 0.717) is 5.92 Å². The highest BCUT2D eigenvalue weighted by molar-refractivity contribution is 5.39. The minimum absolute atomic E-state index is 0.474. The number of nitrogens with one attached hydrogen (secondary N) is 1. The van der Waals surface area contributed by atoms with Gasteiger partial charge >= 0.3 is 0 Å². The maximum atomic E-state index is 3.42. The lowest BCUT2D eigenvalue weighted by Crippen LogP contribution is -2.12. The molecule has 4 aromatic carbocycles. The first-order valence-electron chi connectivity index (χ1n) is 11.0. The fourth-order valence-corrected chi connectivity index (χ4v) is 3.86. The summed E-state index contributed by atoms with van der Waals surface area (Å²) in [5.74, 6) is 0.474. The van der Waals surface area contributed by atoms with Crippen LogP contribution in [0.15, 0.2) is 109 Å². The van der Waals surface area contributed by atoms with E-state index in [0.717, 1.165) is 13.1 Å². The molecule has 0 spiro atoms. The summed E-state index contributed by atoms with van der Waals surface area (Å²) in [7, 11) is 0. The monoisotopic (exact) mass is 407 g/mol. The molecule has 1 N–H and O–H groups in total. The molecule has 4 aromatic rings. The van der Waals surface area contributed by atoms with Gasteiger partial charge in [0, 0.05) is 19.0 Å². The molecule has 1 heteroatoms. The van der Waals surface area contributed by atoms with Gasteiger partial charge in [0.2, 0.25) is 0 Å². The molecule has 0 aromatic heterocycles. The van der Waals surface area contributed by atoms with Crippen molar-refractivity contribution < 1.29 is 0 Å². The fraction of sp³-hybridized carbons (Fsp3) is 0.200. The van der Waals surface area contributed by atoms with Gasteiger partial charge in [-0.05, 0) is 47.2 Å². The van der Waals surface area contributed by atoms with Gasteiger partial charge in [-0.1, -0.05) is 116 Å². The van der Waals surface area contributed by atoms with Gasteiger partial charge < -0.3 is 5.32 Å². The third-order valence-electron chi connectivity index (χ3n) is 5.65. The SMILES string of the molecule is Cc1ccccc1C(C)c1ccccc1C.c1ccc(CNCc2ccccc2)cc1. The molecular weight excluding hydrogens is 374 g/mol. The van der Waals surface area contributed by atoms with Crippen molar-refractivity contribution in [1.82, 2.24) is 5.32 Å². The standard InChI is InChI=1S/C16H18.C14H15N/c1-12-8-4-6-10-15(12)14(3)16-11-7-5-9-13(16)2;1-3-7-13(8-4-1)11-15-12-14-9-5-2-6-10-14/h4-11,14H,1-3H3;1-10,15H,11-12H2. The molecule has 0 saturated heterocycles. The maximum absolute atomic E-state index is 3.42. The first-order chi connectivity index (χ1) is 15.1. The van der Waals surface area contributed by atoms with Crippen LogP contribution < -0.4 is 5.32 Å². The van der Waals surface area contributed by atoms with Crippen molar-refractivity contribution in [2.75, 3.05) is 0 Å². The van der Waals surface area contributed by atoms with E-state index in [1.54, 1.807) is 0 Å². The lowest BCUT2D eigenvalue weighted by Gasteiger charge is -2.17. The molecule has 0 aliphatic rings. The van der Waals surface area contributed by atoms with E-state index >= 15 is 0 Å². The topological polar surface area (TPSA) is 12.0 Å². The largest absolute Gasteiger partial charge is 0.309 e. The number of hydrogen-bond donors (Lipinski definition) is 1. The van der Waals surface area contributed by atoms with E-state index in [1.165, 1.54) is 33.4 Å². The zero-order valence-corrected chi connectivity index (χ0v) is 18.9. The van der Waals surface area contributed by atoms with Crippen LogP contribution in [0.25, 0.3) is 0 Å². The van der Waals surface area contributed by atoms with E-state index < -0.39 is 0 Å². The van der Waals surface area contributed by atoms with E-state index in [9.17, 15) is 0 Å². The summed E-state index contributed by atoms with van der Waals surface area (Å²) in [6, 6.07) is 38.2. The molecule has 0 heterocycles. The summed E-state index contributed by atoms with van der Waals surface area (Å²) >= 11 is 0. The maximum Gasteiger partial charge on any atom is 0.0208 e. The van der Waals surface area contributed by atoms with E-state index in [2.05, 4.69) is 123 Å². The van der Waals surface area contributed by atoms with E-state index in [-0.39, 0.29) is 0 Å². The second kappa shape index (κ2) is 11.9. The molecule has 31 heavy (non-hydrogen) atoms. The third kappa shape index (κ3) is 6.94. The number of hydrogen-bond acceptors (Lipinski definition) is 1. The summed E-state index contributed by atoms with van der Waals surface area (Å²) in [4.78, 5) is 0. The zero-order chi connectivity index (χ0) is 21.9. The number of rotatable bonds is 6. The molecule has 158 valence electrons. The van der Waals surface area contributed by atoms with Crippen molar-refractivity contribution in [2.24, 2.45) is 0 Å². The smallest absolute Gasteiger partial charge is 0.0208 e. The summed E-state index contributed by atoms with van der Waals surface area (Å²) < 4.78 is 0. The van der Waals surface area contributed by atoms with Crippen LogP contribution in [-0.2, 0) is 13.1 Å². The molecule has 4 rings (SSSR count). The van der Waals surface area contributed by atoms with Gasteiger partial charge in [0.1, 0.15) is 0 Å². The Kier molecular flexibility index (Phi) is 8.63. The van der Waals surface area contributed by atoms with Gasteiger partial charge in [-0.25, -0.2) is 0 Å². The second-order valence-electron chi connectivity index (χ2n) is 8.01. The van der Waals surface area contributed by atoms with Crippen LogP contribution >= 0.6 is 0 Å². The van der Waals surface area contributed by atoms with Gasteiger partial charge in [0.15, 0.2) is 0 Å². The molecule has 0 unspecified atom stereocenters. The molecule has 0 aliphatic heterocycles. The quantitative estimate of drug-likeness (QED) is 0.350. The minimum Gasteiger partial charge on any atom is -0.309 e. The Balaban J connectivity index is 0.000000176. The van der Waals surface area contributed by atoms with Gasteiger partial charge in [0.05, 0.1) is 0 Å². The predicted octanol–water partition coefficient (Wildman–Crippen LogP) is 7.43. The van der Waals surface area contributed by atoms with Gasteiger partial charge in [-0.2, -0.15) is 0 Å². The summed E-state index contributed by atoms with van der Waals surface area (Å²) in [5, 5.41) is 3.42. The van der Waals surface area contributed by atoms with Crippen LogP contribution in [0.2, 0.25) is 0 Å². The molecule has 0 saturated carbocycles. The second-order valence-corrected chi connectivity index (χ2v) is 8.01. The van der Waals surface area contributed by atoms with Crippen molar-refractivity contribution in [2.45, 2.75) is 39.8 Å². The van der Waals surface area contributed by atoms with Crippen LogP contribution in [-0.4, -0.2) is 0 Å². The third-order valence-corrected chi connectivity index (χ3v) is 5.65. The first-order valence-corrected chi connectivity index (χ1v) is 11.0. The first kappa shape index (κ1) is 22.5. The summed E-state index contributed by atoms with van der Waals surface area (Å²) in [6.45, 7) is 8.50. The van der Waals surface area contributed by atoms with Crippen LogP contribution in [0.3, 0.4) is 0 Å². The Bertz CT molecular complexity index is 953. The number of aryl methyl sites for hydroxylation is 2. The Morgan fingerprint density at radius 3 is 1.26 bits per heavy atom. The molecule has 1 nitrogen and oxygen atoms in total. The van der Waals surface area contributed by atoms with Crippen LogP contribution in [0.5, 0.6) is 0 Å². The summed E-state index contributed by atoms with van der Waals surface area (Å²) in [6.07, 6.45) is 0. The normalized spacial score (nSPS) is 10.5. The molecule has 0 radical (unpaired) electrons. The van der Waals surface area contributed by atoms with Gasteiger partial charge in [-0.3, -0.25) is 0 Å². The Morgan fingerprint density at radius 1 is 0.516 bits per heavy atom. The predicted molar refractivity (Wildman–Crippen MR) is 133 cm³/mol. The molecular formula is C30H33N. The van der Waals surface area contributed by atoms with Crippen molar-refractivity contribution >= 4 is 0 Å². The molecule has 0 aliphatic carbocycles. The average molecular weight is 408 g/mol. The highest BCUT2D eigenvalue weighted by atomic mass is 14.8. The Hall–Kier alpha value is -3.16. The Labute approximate surface area is 187 Å². The van der Waals surface area contributed by atoms with Gasteiger partial charge in [-0.15, -0.1) is 0 Å². The molecule has 0 amide bonds. The Morgan fingerprint density at radius 2 is 0.871 bits per heavy atom. The van der Waals surface area contributed by atoms with Crippen molar-refractivity contribution in [3.8, 4) is 0 Å². The van der Waals surface area contributed by atoms with Gasteiger partial charge in [0.25, 0.3) is 0 Å². The summed E-state index contributed by atoms with van der Waals surface area (Å²) in [5.41, 5.74) is 8.26. The van der Waals surface area contributed by atoms with Crippen molar-refractivity contribution in [3.05, 3.63) is 143 Å². The zero-order valence-electron chi connectivity index (χ0n) is 18.9. The fourth-order valence-electron chi connectivity index (χ4n) is 3.86. The lowest BCUT2D eigenvalue weighted by atomic mass is 9.88. The van der Waals surface area contributed by atoms with E-state index in [1.807, 2.05) is 12.1 Å². The molecule has 0 atom stereocenters. The van der Waals surface area contributed by atoms with Crippen LogP contribution in [0.1, 0.15) is 46.2 Å². The van der Waals surface area contributed by atoms with E-state index in [4.69, 9.17) is 0 Å². The van der Waals surface area contributed by atoms with Crippen molar-refractivity contribution in [1.29, 1.82) is 0 Å². The minimum atomic E-state index is 0.474. The molecule has 0 fully saturated rings. The highest BCUT2D eigenvalue weighted by Crippen LogP contribution is 2.28. The van der Waals surface area contributed by atoms with Crippen LogP contribution in [0, 0.1) is 13.8 Å². The lowest BCUT2D eigenvalue weighted by molar-refractivity contribution is 0.693. The number of benzene rings is 4. The van der Waals surface area contributed by atoms with Crippen molar-refractivity contribution in [3.63, 3.8) is 0 Å². The van der Waals surface area contributed by atoms with Crippen LogP contribution in [0.4, 0.5) is 0 Å². The average Bonchev–Trinajstić information content (AvgIpc) is 2.81. The molecule has 0 bridgehead atoms.